The largest absolute Gasteiger partial charge is 0.508 e. The van der Waals surface area contributed by atoms with Gasteiger partial charge in [0.1, 0.15) is 5.75 Å². The molecule has 0 heterocycles. The van der Waals surface area contributed by atoms with Crippen LogP contribution in [0.25, 0.3) is 11.6 Å². The normalized spacial score (nSPS) is 11.0. The van der Waals surface area contributed by atoms with E-state index in [1.165, 1.54) is 0 Å². The van der Waals surface area contributed by atoms with Gasteiger partial charge in [0.15, 0.2) is 0 Å². The van der Waals surface area contributed by atoms with E-state index in [0.717, 1.165) is 11.1 Å². The minimum Gasteiger partial charge on any atom is -0.508 e. The summed E-state index contributed by atoms with van der Waals surface area (Å²) in [7, 11) is 0. The molecule has 18 heavy (non-hydrogen) atoms. The molecule has 0 saturated heterocycles. The highest BCUT2D eigenvalue weighted by molar-refractivity contribution is 6.30. The molecule has 0 saturated carbocycles. The molecule has 0 atom stereocenters. The van der Waals surface area contributed by atoms with Crippen LogP contribution in [0.15, 0.2) is 48.5 Å². The van der Waals surface area contributed by atoms with E-state index in [9.17, 15) is 10.4 Å². The van der Waals surface area contributed by atoms with Crippen molar-refractivity contribution in [1.29, 1.82) is 5.26 Å². The van der Waals surface area contributed by atoms with Crippen molar-refractivity contribution in [2.24, 2.45) is 0 Å². The van der Waals surface area contributed by atoms with E-state index in [1.54, 1.807) is 48.5 Å². The molecule has 0 radical (unpaired) electrons. The molecule has 0 aliphatic heterocycles. The van der Waals surface area contributed by atoms with Gasteiger partial charge in [-0.3, -0.25) is 0 Å². The summed E-state index contributed by atoms with van der Waals surface area (Å²) in [5.74, 6) is 0.202. The molecule has 0 aliphatic carbocycles. The molecule has 1 N–H and O–H groups in total. The Balaban J connectivity index is 2.40. The number of nitrogens with zero attached hydrogens (tertiary/aromatic N) is 1. The van der Waals surface area contributed by atoms with Crippen LogP contribution in [0.4, 0.5) is 0 Å². The van der Waals surface area contributed by atoms with E-state index in [4.69, 9.17) is 11.6 Å². The van der Waals surface area contributed by atoms with Crippen LogP contribution in [0.3, 0.4) is 0 Å². The van der Waals surface area contributed by atoms with E-state index < -0.39 is 0 Å². The maximum atomic E-state index is 9.20. The summed E-state index contributed by atoms with van der Waals surface area (Å²) in [6.07, 6.45) is 1.76. The fraction of sp³-hybridized carbons (Fsp3) is 0. The molecule has 0 amide bonds. The van der Waals surface area contributed by atoms with E-state index in [2.05, 4.69) is 6.07 Å². The molecular formula is C15H10ClNO. The topological polar surface area (TPSA) is 44.0 Å². The number of phenolic OH excluding ortho intramolecular Hbond substituents is 1. The van der Waals surface area contributed by atoms with Crippen LogP contribution in [0.2, 0.25) is 5.02 Å². The average Bonchev–Trinajstić information content (AvgIpc) is 2.38. The van der Waals surface area contributed by atoms with Gasteiger partial charge in [0, 0.05) is 5.02 Å². The highest BCUT2D eigenvalue weighted by atomic mass is 35.5. The van der Waals surface area contributed by atoms with Crippen molar-refractivity contribution < 1.29 is 5.11 Å². The van der Waals surface area contributed by atoms with Gasteiger partial charge in [0.25, 0.3) is 0 Å². The lowest BCUT2D eigenvalue weighted by Crippen LogP contribution is -1.82. The Labute approximate surface area is 110 Å². The van der Waals surface area contributed by atoms with E-state index in [1.807, 2.05) is 6.07 Å². The summed E-state index contributed by atoms with van der Waals surface area (Å²) >= 11 is 5.90. The third kappa shape index (κ3) is 2.91. The van der Waals surface area contributed by atoms with Gasteiger partial charge in [-0.2, -0.15) is 5.26 Å². The lowest BCUT2D eigenvalue weighted by molar-refractivity contribution is 0.475. The number of allylic oxidation sites excluding steroid dienone is 1. The lowest BCUT2D eigenvalue weighted by Gasteiger charge is -2.00. The molecule has 3 heteroatoms. The van der Waals surface area contributed by atoms with Crippen molar-refractivity contribution in [3.63, 3.8) is 0 Å². The number of nitriles is 1. The summed E-state index contributed by atoms with van der Waals surface area (Å²) in [5.41, 5.74) is 2.16. The minimum absolute atomic E-state index is 0.202. The first-order valence-electron chi connectivity index (χ1n) is 5.36. The quantitative estimate of drug-likeness (QED) is 0.648. The smallest absolute Gasteiger partial charge is 0.115 e. The zero-order valence-corrected chi connectivity index (χ0v) is 10.2. The van der Waals surface area contributed by atoms with Gasteiger partial charge in [-0.1, -0.05) is 35.9 Å². The maximum Gasteiger partial charge on any atom is 0.115 e. The van der Waals surface area contributed by atoms with Gasteiger partial charge < -0.3 is 5.11 Å². The molecule has 2 aromatic rings. The van der Waals surface area contributed by atoms with E-state index in [-0.39, 0.29) is 5.75 Å². The number of benzene rings is 2. The third-order valence-electron chi connectivity index (χ3n) is 2.46. The van der Waals surface area contributed by atoms with Crippen LogP contribution >= 0.6 is 11.6 Å². The molecule has 0 spiro atoms. The summed E-state index contributed by atoms with van der Waals surface area (Å²) in [5, 5.41) is 19.0. The molecule has 0 bridgehead atoms. The van der Waals surface area contributed by atoms with Crippen molar-refractivity contribution in [1.82, 2.24) is 0 Å². The highest BCUT2D eigenvalue weighted by Gasteiger charge is 2.01. The predicted molar refractivity (Wildman–Crippen MR) is 73.0 cm³/mol. The number of hydrogen-bond donors (Lipinski definition) is 1. The molecule has 0 unspecified atom stereocenters. The zero-order chi connectivity index (χ0) is 13.0. The van der Waals surface area contributed by atoms with Gasteiger partial charge in [0.2, 0.25) is 0 Å². The van der Waals surface area contributed by atoms with E-state index >= 15 is 0 Å². The SMILES string of the molecule is N#C/C(=C/c1ccc(O)cc1)c1cccc(Cl)c1. The second-order valence-electron chi connectivity index (χ2n) is 3.77. The van der Waals surface area contributed by atoms with Gasteiger partial charge in [-0.25, -0.2) is 0 Å². The second kappa shape index (κ2) is 5.39. The molecule has 2 nitrogen and oxygen atoms in total. The van der Waals surface area contributed by atoms with E-state index in [0.29, 0.717) is 10.6 Å². The average molecular weight is 256 g/mol. The van der Waals surface area contributed by atoms with Crippen LogP contribution in [-0.4, -0.2) is 5.11 Å². The Hall–Kier alpha value is -2.24. The van der Waals surface area contributed by atoms with Crippen molar-refractivity contribution in [3.8, 4) is 11.8 Å². The Morgan fingerprint density at radius 1 is 1.17 bits per heavy atom. The lowest BCUT2D eigenvalue weighted by atomic mass is 10.0. The van der Waals surface area contributed by atoms with Crippen LogP contribution in [0.5, 0.6) is 5.75 Å². The second-order valence-corrected chi connectivity index (χ2v) is 4.21. The minimum atomic E-state index is 0.202. The first kappa shape index (κ1) is 12.2. The number of hydrogen-bond acceptors (Lipinski definition) is 2. The Bertz CT molecular complexity index is 624. The van der Waals surface area contributed by atoms with Crippen LogP contribution in [0, 0.1) is 11.3 Å². The fourth-order valence-electron chi connectivity index (χ4n) is 1.57. The molecule has 88 valence electrons. The maximum absolute atomic E-state index is 9.20. The van der Waals surface area contributed by atoms with Gasteiger partial charge in [-0.05, 0) is 41.5 Å². The molecular weight excluding hydrogens is 246 g/mol. The summed E-state index contributed by atoms with van der Waals surface area (Å²) in [6.45, 7) is 0. The molecule has 2 aromatic carbocycles. The summed E-state index contributed by atoms with van der Waals surface area (Å²) in [4.78, 5) is 0. The van der Waals surface area contributed by atoms with Crippen molar-refractivity contribution in [3.05, 3.63) is 64.7 Å². The number of phenols is 1. The Kier molecular flexibility index (Phi) is 3.66. The van der Waals surface area contributed by atoms with Crippen molar-refractivity contribution in [2.45, 2.75) is 0 Å². The Morgan fingerprint density at radius 2 is 1.89 bits per heavy atom. The van der Waals surface area contributed by atoms with Crippen molar-refractivity contribution >= 4 is 23.3 Å². The first-order valence-corrected chi connectivity index (χ1v) is 5.73. The van der Waals surface area contributed by atoms with Crippen LogP contribution < -0.4 is 0 Å². The van der Waals surface area contributed by atoms with Crippen LogP contribution in [-0.2, 0) is 0 Å². The molecule has 0 aliphatic rings. The molecule has 0 aromatic heterocycles. The van der Waals surface area contributed by atoms with Gasteiger partial charge in [0.05, 0.1) is 11.6 Å². The highest BCUT2D eigenvalue weighted by Crippen LogP contribution is 2.21. The molecule has 0 fully saturated rings. The van der Waals surface area contributed by atoms with Gasteiger partial charge in [-0.15, -0.1) is 0 Å². The third-order valence-corrected chi connectivity index (χ3v) is 2.70. The summed E-state index contributed by atoms with van der Waals surface area (Å²) < 4.78 is 0. The zero-order valence-electron chi connectivity index (χ0n) is 9.47. The Morgan fingerprint density at radius 3 is 2.50 bits per heavy atom. The standard InChI is InChI=1S/C15H10ClNO/c16-14-3-1-2-12(9-14)13(10-17)8-11-4-6-15(18)7-5-11/h1-9,18H/b13-8-. The summed E-state index contributed by atoms with van der Waals surface area (Å²) in [6, 6.07) is 16.0. The molecule has 2 rings (SSSR count). The predicted octanol–water partition coefficient (Wildman–Crippen LogP) is 4.11. The fourth-order valence-corrected chi connectivity index (χ4v) is 1.76. The number of aromatic hydroxyl groups is 1. The number of halogens is 1. The van der Waals surface area contributed by atoms with Crippen molar-refractivity contribution in [2.75, 3.05) is 0 Å². The monoisotopic (exact) mass is 255 g/mol. The van der Waals surface area contributed by atoms with Crippen LogP contribution in [0.1, 0.15) is 11.1 Å². The van der Waals surface area contributed by atoms with Gasteiger partial charge >= 0.3 is 0 Å². The number of rotatable bonds is 2. The first-order chi connectivity index (χ1) is 8.69.